The number of rotatable bonds is 1. The van der Waals surface area contributed by atoms with Crippen molar-refractivity contribution in [3.63, 3.8) is 0 Å². The highest BCUT2D eigenvalue weighted by Crippen LogP contribution is 2.25. The molecule has 1 aromatic carbocycles. The fourth-order valence-electron chi connectivity index (χ4n) is 1.27. The van der Waals surface area contributed by atoms with Crippen LogP contribution in [0.1, 0.15) is 10.4 Å². The van der Waals surface area contributed by atoms with Crippen molar-refractivity contribution in [1.29, 1.82) is 0 Å². The summed E-state index contributed by atoms with van der Waals surface area (Å²) in [4.78, 5) is 21.7. The lowest BCUT2D eigenvalue weighted by Crippen LogP contribution is -2.07. The third-order valence-corrected chi connectivity index (χ3v) is 2.38. The molecule has 1 aromatic heterocycles. The second-order valence-electron chi connectivity index (χ2n) is 2.85. The Morgan fingerprint density at radius 2 is 2.13 bits per heavy atom. The number of aldehydes is 1. The van der Waals surface area contributed by atoms with Gasteiger partial charge in [0.2, 0.25) is 0 Å². The first-order valence-electron chi connectivity index (χ1n) is 4.01. The predicted octanol–water partition coefficient (Wildman–Crippen LogP) is 2.40. The van der Waals surface area contributed by atoms with Gasteiger partial charge in [0.15, 0.2) is 17.7 Å². The first kappa shape index (κ1) is 9.86. The molecule has 5 heteroatoms. The molecule has 0 aliphatic rings. The molecule has 0 atom stereocenters. The molecule has 0 aliphatic heterocycles. The smallest absolute Gasteiger partial charge is 0.348 e. The Bertz CT molecular complexity index is 603. The van der Waals surface area contributed by atoms with Crippen molar-refractivity contribution >= 4 is 28.9 Å². The molecular weight excluding hydrogens is 223 g/mol. The number of halogens is 2. The Hall–Kier alpha value is -1.68. The van der Waals surface area contributed by atoms with E-state index < -0.39 is 11.4 Å². The number of para-hydroxylation sites is 1. The molecule has 0 radical (unpaired) electrons. The van der Waals surface area contributed by atoms with E-state index in [-0.39, 0.29) is 21.6 Å². The van der Waals surface area contributed by atoms with Crippen LogP contribution in [0.25, 0.3) is 11.0 Å². The Morgan fingerprint density at radius 1 is 1.40 bits per heavy atom. The fraction of sp³-hybridized carbons (Fsp3) is 0. The van der Waals surface area contributed by atoms with Gasteiger partial charge >= 0.3 is 5.63 Å². The molecule has 0 spiro atoms. The van der Waals surface area contributed by atoms with E-state index in [0.717, 1.165) is 6.07 Å². The van der Waals surface area contributed by atoms with Gasteiger partial charge in [0.1, 0.15) is 5.56 Å². The van der Waals surface area contributed by atoms with Gasteiger partial charge in [0.05, 0.1) is 5.02 Å². The molecule has 0 unspecified atom stereocenters. The van der Waals surface area contributed by atoms with E-state index in [1.54, 1.807) is 0 Å². The van der Waals surface area contributed by atoms with Crippen molar-refractivity contribution < 1.29 is 13.6 Å². The number of carbonyl (C=O) groups is 1. The largest absolute Gasteiger partial charge is 0.419 e. The standard InChI is InChI=1S/C10H4ClFO3/c11-8-5-2-1-3-7(12)9(5)15-10(14)6(8)4-13/h1-4H. The average Bonchev–Trinajstić information content (AvgIpc) is 2.20. The quantitative estimate of drug-likeness (QED) is 0.554. The molecule has 2 rings (SSSR count). The average molecular weight is 227 g/mol. The van der Waals surface area contributed by atoms with E-state index in [0.29, 0.717) is 6.29 Å². The van der Waals surface area contributed by atoms with E-state index in [1.807, 2.05) is 0 Å². The van der Waals surface area contributed by atoms with Crippen molar-refractivity contribution in [2.75, 3.05) is 0 Å². The molecule has 2 aromatic rings. The maximum Gasteiger partial charge on any atom is 0.348 e. The molecule has 0 aliphatic carbocycles. The summed E-state index contributed by atoms with van der Waals surface area (Å²) in [5.41, 5.74) is -1.47. The molecule has 3 nitrogen and oxygen atoms in total. The number of benzene rings is 1. The van der Waals surface area contributed by atoms with E-state index in [1.165, 1.54) is 12.1 Å². The Kier molecular flexibility index (Phi) is 2.28. The fourth-order valence-corrected chi connectivity index (χ4v) is 1.54. The first-order valence-corrected chi connectivity index (χ1v) is 4.39. The Labute approximate surface area is 88.1 Å². The van der Waals surface area contributed by atoms with Crippen LogP contribution in [0.4, 0.5) is 4.39 Å². The number of carbonyl (C=O) groups excluding carboxylic acids is 1. The zero-order valence-corrected chi connectivity index (χ0v) is 8.05. The van der Waals surface area contributed by atoms with Gasteiger partial charge in [0.25, 0.3) is 0 Å². The van der Waals surface area contributed by atoms with Crippen LogP contribution in [0.3, 0.4) is 0 Å². The SMILES string of the molecule is O=Cc1c(Cl)c2cccc(F)c2oc1=O. The van der Waals surface area contributed by atoms with E-state index in [9.17, 15) is 14.0 Å². The summed E-state index contributed by atoms with van der Waals surface area (Å²) in [7, 11) is 0. The summed E-state index contributed by atoms with van der Waals surface area (Å²) in [6.45, 7) is 0. The summed E-state index contributed by atoms with van der Waals surface area (Å²) in [6.07, 6.45) is 0.290. The van der Waals surface area contributed by atoms with Gasteiger partial charge in [-0.1, -0.05) is 17.7 Å². The zero-order valence-electron chi connectivity index (χ0n) is 7.29. The van der Waals surface area contributed by atoms with E-state index >= 15 is 0 Å². The summed E-state index contributed by atoms with van der Waals surface area (Å²) in [5, 5.41) is 0.120. The minimum atomic E-state index is -0.937. The molecule has 1 heterocycles. The first-order chi connectivity index (χ1) is 7.15. The molecule has 15 heavy (non-hydrogen) atoms. The number of fused-ring (bicyclic) bond motifs is 1. The van der Waals surface area contributed by atoms with Crippen LogP contribution < -0.4 is 5.63 Å². The minimum Gasteiger partial charge on any atom is -0.419 e. The van der Waals surface area contributed by atoms with Crippen LogP contribution in [0.5, 0.6) is 0 Å². The van der Waals surface area contributed by atoms with Crippen molar-refractivity contribution in [2.45, 2.75) is 0 Å². The highest BCUT2D eigenvalue weighted by Gasteiger charge is 2.14. The third-order valence-electron chi connectivity index (χ3n) is 1.97. The highest BCUT2D eigenvalue weighted by molar-refractivity contribution is 6.37. The van der Waals surface area contributed by atoms with Crippen molar-refractivity contribution in [3.8, 4) is 0 Å². The van der Waals surface area contributed by atoms with E-state index in [2.05, 4.69) is 4.42 Å². The number of hydrogen-bond donors (Lipinski definition) is 0. The summed E-state index contributed by atoms with van der Waals surface area (Å²) < 4.78 is 17.9. The molecule has 0 bridgehead atoms. The van der Waals surface area contributed by atoms with Crippen LogP contribution >= 0.6 is 11.6 Å². The summed E-state index contributed by atoms with van der Waals surface area (Å²) >= 11 is 5.76. The van der Waals surface area contributed by atoms with Gasteiger partial charge in [-0.15, -0.1) is 0 Å². The van der Waals surface area contributed by atoms with Gasteiger partial charge in [-0.05, 0) is 12.1 Å². The summed E-state index contributed by atoms with van der Waals surface area (Å²) in [5.74, 6) is -0.691. The van der Waals surface area contributed by atoms with Crippen molar-refractivity contribution in [3.05, 3.63) is 45.0 Å². The van der Waals surface area contributed by atoms with Crippen molar-refractivity contribution in [1.82, 2.24) is 0 Å². The summed E-state index contributed by atoms with van der Waals surface area (Å²) in [6, 6.07) is 4.02. The second-order valence-corrected chi connectivity index (χ2v) is 3.23. The molecule has 0 saturated heterocycles. The van der Waals surface area contributed by atoms with Gasteiger partial charge in [-0.2, -0.15) is 0 Å². The van der Waals surface area contributed by atoms with E-state index in [4.69, 9.17) is 11.6 Å². The third kappa shape index (κ3) is 1.43. The van der Waals surface area contributed by atoms with Gasteiger partial charge in [0, 0.05) is 5.39 Å². The molecule has 76 valence electrons. The molecule has 0 N–H and O–H groups in total. The van der Waals surface area contributed by atoms with Gasteiger partial charge in [-0.3, -0.25) is 4.79 Å². The molecule has 0 amide bonds. The molecule has 0 fully saturated rings. The Morgan fingerprint density at radius 3 is 2.80 bits per heavy atom. The predicted molar refractivity (Wildman–Crippen MR) is 52.8 cm³/mol. The second kappa shape index (κ2) is 3.47. The van der Waals surface area contributed by atoms with Gasteiger partial charge in [-0.25, -0.2) is 9.18 Å². The lowest BCUT2D eigenvalue weighted by molar-refractivity contribution is 0.112. The van der Waals surface area contributed by atoms with Crippen LogP contribution in [0, 0.1) is 5.82 Å². The zero-order chi connectivity index (χ0) is 11.0. The lowest BCUT2D eigenvalue weighted by atomic mass is 10.2. The number of hydrogen-bond acceptors (Lipinski definition) is 3. The monoisotopic (exact) mass is 226 g/mol. The maximum atomic E-state index is 13.2. The van der Waals surface area contributed by atoms with Crippen LogP contribution in [0.15, 0.2) is 27.4 Å². The Balaban J connectivity index is 3.04. The molecular formula is C10H4ClFO3. The lowest BCUT2D eigenvalue weighted by Gasteiger charge is -2.01. The van der Waals surface area contributed by atoms with Gasteiger partial charge < -0.3 is 4.42 Å². The van der Waals surface area contributed by atoms with Crippen molar-refractivity contribution in [2.24, 2.45) is 0 Å². The van der Waals surface area contributed by atoms with Crippen LogP contribution in [-0.2, 0) is 0 Å². The topological polar surface area (TPSA) is 47.3 Å². The molecule has 0 saturated carbocycles. The highest BCUT2D eigenvalue weighted by atomic mass is 35.5. The van der Waals surface area contributed by atoms with Crippen LogP contribution in [-0.4, -0.2) is 6.29 Å². The van der Waals surface area contributed by atoms with Crippen LogP contribution in [0.2, 0.25) is 5.02 Å². The minimum absolute atomic E-state index is 0.0873. The normalized spacial score (nSPS) is 10.5. The maximum absolute atomic E-state index is 13.2.